The normalized spacial score (nSPS) is 9.11. The molecule has 9 nitrogen and oxygen atoms in total. The molecule has 0 aliphatic carbocycles. The highest BCUT2D eigenvalue weighted by Gasteiger charge is 2.03. The van der Waals surface area contributed by atoms with Gasteiger partial charge in [-0.15, -0.1) is 0 Å². The largest absolute Gasteiger partial charge is 0.477 e. The highest BCUT2D eigenvalue weighted by Crippen LogP contribution is 1.82. The smallest absolute Gasteiger partial charge is 0.352 e. The fourth-order valence-corrected chi connectivity index (χ4v) is 0.895. The minimum atomic E-state index is -1.34. The molecule has 0 aliphatic rings. The van der Waals surface area contributed by atoms with Crippen LogP contribution in [0.5, 0.6) is 0 Å². The number of carboxylic acids is 1. The Morgan fingerprint density at radius 2 is 1.83 bits per heavy atom. The zero-order valence-electron chi connectivity index (χ0n) is 8.95. The van der Waals surface area contributed by atoms with Crippen LogP contribution in [0.15, 0.2) is 34.1 Å². The number of nitrogens with two attached hydrogens (primary N) is 1. The molecule has 0 aromatic carbocycles. The van der Waals surface area contributed by atoms with Crippen molar-refractivity contribution in [1.29, 1.82) is 0 Å². The van der Waals surface area contributed by atoms with Crippen LogP contribution in [0, 0.1) is 0 Å². The molecule has 0 bridgehead atoms. The van der Waals surface area contributed by atoms with E-state index in [0.29, 0.717) is 5.95 Å². The van der Waals surface area contributed by atoms with Gasteiger partial charge in [0.25, 0.3) is 5.56 Å². The second kappa shape index (κ2) is 5.94. The van der Waals surface area contributed by atoms with E-state index in [9.17, 15) is 14.4 Å². The molecule has 0 aliphatic heterocycles. The quantitative estimate of drug-likeness (QED) is 0.497. The first-order valence-electron chi connectivity index (χ1n) is 4.58. The zero-order chi connectivity index (χ0) is 13.5. The maximum absolute atomic E-state index is 10.5. The molecule has 0 unspecified atom stereocenters. The maximum atomic E-state index is 10.5. The van der Waals surface area contributed by atoms with E-state index in [1.807, 2.05) is 9.97 Å². The number of aromatic carboxylic acids is 1. The zero-order valence-corrected chi connectivity index (χ0v) is 8.95. The van der Waals surface area contributed by atoms with Crippen LogP contribution in [0.25, 0.3) is 0 Å². The lowest BCUT2D eigenvalue weighted by Crippen LogP contribution is -2.24. The Hall–Kier alpha value is -2.97. The summed E-state index contributed by atoms with van der Waals surface area (Å²) >= 11 is 0. The van der Waals surface area contributed by atoms with E-state index in [2.05, 4.69) is 9.97 Å². The fraction of sp³-hybridized carbons (Fsp3) is 0. The average molecular weight is 251 g/mol. The van der Waals surface area contributed by atoms with Crippen LogP contribution >= 0.6 is 0 Å². The third-order valence-corrected chi connectivity index (χ3v) is 1.58. The Kier molecular flexibility index (Phi) is 4.32. The number of hydrogen-bond donors (Lipinski definition) is 4. The minimum absolute atomic E-state index is 0.322. The van der Waals surface area contributed by atoms with E-state index in [-0.39, 0.29) is 0 Å². The highest BCUT2D eigenvalue weighted by molar-refractivity contribution is 5.84. The van der Waals surface area contributed by atoms with Crippen LogP contribution in [0.3, 0.4) is 0 Å². The second-order valence-electron chi connectivity index (χ2n) is 2.91. The van der Waals surface area contributed by atoms with Crippen molar-refractivity contribution in [3.05, 3.63) is 51.1 Å². The first-order valence-corrected chi connectivity index (χ1v) is 4.58. The molecule has 2 aromatic heterocycles. The molecule has 2 aromatic rings. The number of carboxylic acid groups (broad SMARTS) is 1. The van der Waals surface area contributed by atoms with Gasteiger partial charge in [0.2, 0.25) is 5.95 Å². The highest BCUT2D eigenvalue weighted by atomic mass is 16.4. The number of H-pyrrole nitrogens is 2. The van der Waals surface area contributed by atoms with Gasteiger partial charge in [-0.3, -0.25) is 9.78 Å². The minimum Gasteiger partial charge on any atom is -0.477 e. The number of anilines is 1. The topological polar surface area (TPSA) is 155 Å². The Labute approximate surface area is 99.4 Å². The summed E-state index contributed by atoms with van der Waals surface area (Å²) in [5.41, 5.74) is 3.16. The Morgan fingerprint density at radius 3 is 2.22 bits per heavy atom. The summed E-state index contributed by atoms with van der Waals surface area (Å²) in [5.74, 6) is -1.02. The number of nitrogens with zero attached hydrogens (tertiary/aromatic N) is 2. The first-order chi connectivity index (χ1) is 8.49. The molecule has 2 rings (SSSR count). The Morgan fingerprint density at radius 1 is 1.22 bits per heavy atom. The van der Waals surface area contributed by atoms with Crippen LogP contribution in [0.1, 0.15) is 10.5 Å². The van der Waals surface area contributed by atoms with Gasteiger partial charge in [0.15, 0.2) is 0 Å². The lowest BCUT2D eigenvalue weighted by atomic mass is 10.4. The number of aromatic nitrogens is 4. The summed E-state index contributed by atoms with van der Waals surface area (Å²) in [6, 6.07) is 2.51. The van der Waals surface area contributed by atoms with Gasteiger partial charge in [-0.25, -0.2) is 19.6 Å². The van der Waals surface area contributed by atoms with Crippen LogP contribution in [-0.4, -0.2) is 31.0 Å². The SMILES string of the molecule is Nc1ncccn1.O=C(O)c1cc(=O)[nH]c(=O)[nH]1. The molecule has 0 saturated carbocycles. The molecule has 2 heterocycles. The Bertz CT molecular complexity index is 605. The van der Waals surface area contributed by atoms with Crippen molar-refractivity contribution < 1.29 is 9.90 Å². The molecule has 0 atom stereocenters. The lowest BCUT2D eigenvalue weighted by molar-refractivity contribution is 0.0689. The molecule has 0 spiro atoms. The summed E-state index contributed by atoms with van der Waals surface area (Å²) in [5, 5.41) is 8.31. The van der Waals surface area contributed by atoms with Crippen molar-refractivity contribution in [2.45, 2.75) is 0 Å². The van der Waals surface area contributed by atoms with Gasteiger partial charge in [0, 0.05) is 18.5 Å². The van der Waals surface area contributed by atoms with Crippen LogP contribution in [0.4, 0.5) is 5.95 Å². The number of carbonyl (C=O) groups is 1. The lowest BCUT2D eigenvalue weighted by Gasteiger charge is -1.89. The number of hydrogen-bond acceptors (Lipinski definition) is 6. The molecule has 5 N–H and O–H groups in total. The number of nitrogen functional groups attached to an aromatic ring is 1. The van der Waals surface area contributed by atoms with Gasteiger partial charge in [0.05, 0.1) is 0 Å². The first kappa shape index (κ1) is 13.1. The van der Waals surface area contributed by atoms with E-state index < -0.39 is 22.9 Å². The van der Waals surface area contributed by atoms with Gasteiger partial charge in [-0.1, -0.05) is 0 Å². The van der Waals surface area contributed by atoms with Crippen LogP contribution in [-0.2, 0) is 0 Å². The summed E-state index contributed by atoms with van der Waals surface area (Å²) in [6.07, 6.45) is 3.20. The van der Waals surface area contributed by atoms with E-state index >= 15 is 0 Å². The van der Waals surface area contributed by atoms with Crippen molar-refractivity contribution >= 4 is 11.9 Å². The third-order valence-electron chi connectivity index (χ3n) is 1.58. The molecule has 0 amide bonds. The van der Waals surface area contributed by atoms with Crippen molar-refractivity contribution in [2.24, 2.45) is 0 Å². The van der Waals surface area contributed by atoms with Crippen LogP contribution in [0.2, 0.25) is 0 Å². The number of aromatic amines is 2. The predicted octanol–water partition coefficient (Wildman–Crippen LogP) is -1.18. The van der Waals surface area contributed by atoms with Crippen molar-refractivity contribution in [3.63, 3.8) is 0 Å². The van der Waals surface area contributed by atoms with Gasteiger partial charge in [0.1, 0.15) is 5.69 Å². The predicted molar refractivity (Wildman–Crippen MR) is 61.1 cm³/mol. The van der Waals surface area contributed by atoms with E-state index in [1.165, 1.54) is 0 Å². The maximum Gasteiger partial charge on any atom is 0.352 e. The number of rotatable bonds is 1. The summed E-state index contributed by atoms with van der Waals surface area (Å²) < 4.78 is 0. The van der Waals surface area contributed by atoms with Crippen molar-refractivity contribution in [3.8, 4) is 0 Å². The third kappa shape index (κ3) is 4.26. The number of nitrogens with one attached hydrogen (secondary N) is 2. The molecule has 0 radical (unpaired) electrons. The standard InChI is InChI=1S/C5H4N2O4.C4H5N3/c8-3-1-2(4(9)10)6-5(11)7-3;5-4-6-2-1-3-7-4/h1H,(H,9,10)(H2,6,7,8,11);1-3H,(H2,5,6,7). The van der Waals surface area contributed by atoms with Gasteiger partial charge in [-0.05, 0) is 6.07 Å². The molecule has 0 saturated heterocycles. The molecular weight excluding hydrogens is 242 g/mol. The van der Waals surface area contributed by atoms with E-state index in [4.69, 9.17) is 10.8 Å². The van der Waals surface area contributed by atoms with Crippen molar-refractivity contribution in [2.75, 3.05) is 5.73 Å². The average Bonchev–Trinajstić information content (AvgIpc) is 2.29. The summed E-state index contributed by atoms with van der Waals surface area (Å²) in [4.78, 5) is 42.2. The van der Waals surface area contributed by atoms with Crippen molar-refractivity contribution in [1.82, 2.24) is 19.9 Å². The molecule has 94 valence electrons. The van der Waals surface area contributed by atoms with Crippen LogP contribution < -0.4 is 17.0 Å². The molecule has 0 fully saturated rings. The van der Waals surface area contributed by atoms with E-state index in [0.717, 1.165) is 6.07 Å². The Balaban J connectivity index is 0.000000199. The summed E-state index contributed by atoms with van der Waals surface area (Å²) in [7, 11) is 0. The molecule has 9 heteroatoms. The van der Waals surface area contributed by atoms with Gasteiger partial charge >= 0.3 is 11.7 Å². The molecule has 18 heavy (non-hydrogen) atoms. The fourth-order valence-electron chi connectivity index (χ4n) is 0.895. The monoisotopic (exact) mass is 251 g/mol. The molecular formula is C9H9N5O4. The van der Waals surface area contributed by atoms with E-state index in [1.54, 1.807) is 18.5 Å². The van der Waals surface area contributed by atoms with Gasteiger partial charge in [-0.2, -0.15) is 0 Å². The second-order valence-corrected chi connectivity index (χ2v) is 2.91. The van der Waals surface area contributed by atoms with Gasteiger partial charge < -0.3 is 15.8 Å². The summed E-state index contributed by atoms with van der Waals surface area (Å²) in [6.45, 7) is 0.